The van der Waals surface area contributed by atoms with Crippen molar-refractivity contribution >= 4 is 0 Å². The van der Waals surface area contributed by atoms with Gasteiger partial charge in [0.15, 0.2) is 0 Å². The van der Waals surface area contributed by atoms with E-state index in [-0.39, 0.29) is 0 Å². The number of aromatic nitrogens is 2. The molecule has 4 heteroatoms. The molecule has 0 spiro atoms. The fourth-order valence-corrected chi connectivity index (χ4v) is 2.90. The lowest BCUT2D eigenvalue weighted by Gasteiger charge is -2.26. The van der Waals surface area contributed by atoms with E-state index in [0.717, 1.165) is 38.4 Å². The van der Waals surface area contributed by atoms with E-state index in [1.165, 1.54) is 37.2 Å². The second-order valence-corrected chi connectivity index (χ2v) is 5.36. The fraction of sp³-hybridized carbons (Fsp3) is 0.714. The lowest BCUT2D eigenvalue weighted by molar-refractivity contribution is 0.263. The molecular weight excluding hydrogens is 224 g/mol. The highest BCUT2D eigenvalue weighted by atomic mass is 15.2. The minimum absolute atomic E-state index is 0.935. The minimum Gasteiger partial charge on any atom is -0.299 e. The zero-order chi connectivity index (χ0) is 12.4. The molecule has 3 rings (SSSR count). The molecule has 3 heterocycles. The maximum Gasteiger partial charge on any atom is 0.142 e. The zero-order valence-corrected chi connectivity index (χ0v) is 11.2. The summed E-state index contributed by atoms with van der Waals surface area (Å²) in [4.78, 5) is 14.2. The van der Waals surface area contributed by atoms with Crippen molar-refractivity contribution in [2.45, 2.75) is 39.3 Å². The molecule has 0 amide bonds. The average molecular weight is 246 g/mol. The zero-order valence-electron chi connectivity index (χ0n) is 11.2. The molecule has 1 fully saturated rings. The SMILES string of the molecule is CCN1CCc2nc(CN3CCCC3)ncc2C1. The summed E-state index contributed by atoms with van der Waals surface area (Å²) in [6.45, 7) is 8.86. The van der Waals surface area contributed by atoms with Crippen LogP contribution in [0.4, 0.5) is 0 Å². The first-order valence-corrected chi connectivity index (χ1v) is 7.13. The average Bonchev–Trinajstić information content (AvgIpc) is 2.91. The smallest absolute Gasteiger partial charge is 0.142 e. The van der Waals surface area contributed by atoms with Crippen LogP contribution in [-0.2, 0) is 19.5 Å². The first-order valence-electron chi connectivity index (χ1n) is 7.13. The van der Waals surface area contributed by atoms with Gasteiger partial charge >= 0.3 is 0 Å². The molecular formula is C14H22N4. The Bertz CT molecular complexity index is 412. The molecule has 0 bridgehead atoms. The molecule has 0 atom stereocenters. The Morgan fingerprint density at radius 2 is 2.00 bits per heavy atom. The molecule has 1 saturated heterocycles. The third kappa shape index (κ3) is 2.54. The Labute approximate surface area is 109 Å². The summed E-state index contributed by atoms with van der Waals surface area (Å²) in [6.07, 6.45) is 5.79. The van der Waals surface area contributed by atoms with Gasteiger partial charge in [0, 0.05) is 37.0 Å². The monoisotopic (exact) mass is 246 g/mol. The number of fused-ring (bicyclic) bond motifs is 1. The Hall–Kier alpha value is -1.00. The van der Waals surface area contributed by atoms with Gasteiger partial charge in [-0.05, 0) is 32.5 Å². The van der Waals surface area contributed by atoms with Gasteiger partial charge in [0.05, 0.1) is 6.54 Å². The number of nitrogens with zero attached hydrogens (tertiary/aromatic N) is 4. The molecule has 0 aromatic carbocycles. The van der Waals surface area contributed by atoms with Crippen LogP contribution in [0.25, 0.3) is 0 Å². The van der Waals surface area contributed by atoms with Crippen LogP contribution in [0.3, 0.4) is 0 Å². The van der Waals surface area contributed by atoms with Crippen molar-refractivity contribution in [2.24, 2.45) is 0 Å². The van der Waals surface area contributed by atoms with E-state index in [2.05, 4.69) is 27.9 Å². The van der Waals surface area contributed by atoms with Crippen molar-refractivity contribution in [1.29, 1.82) is 0 Å². The van der Waals surface area contributed by atoms with E-state index in [9.17, 15) is 0 Å². The molecule has 18 heavy (non-hydrogen) atoms. The van der Waals surface area contributed by atoms with E-state index in [1.54, 1.807) is 0 Å². The maximum atomic E-state index is 4.77. The Balaban J connectivity index is 1.71. The number of rotatable bonds is 3. The van der Waals surface area contributed by atoms with Crippen LogP contribution in [-0.4, -0.2) is 45.9 Å². The molecule has 0 saturated carbocycles. The number of likely N-dealkylation sites (N-methyl/N-ethyl adjacent to an activating group) is 1. The molecule has 98 valence electrons. The standard InChI is InChI=1S/C14H22N4/c1-2-17-8-5-13-12(10-17)9-15-14(16-13)11-18-6-3-4-7-18/h9H,2-8,10-11H2,1H3. The number of likely N-dealkylation sites (tertiary alicyclic amines) is 1. The predicted octanol–water partition coefficient (Wildman–Crippen LogP) is 1.45. The van der Waals surface area contributed by atoms with Crippen LogP contribution < -0.4 is 0 Å². The normalized spacial score (nSPS) is 21.2. The maximum absolute atomic E-state index is 4.77. The van der Waals surface area contributed by atoms with Gasteiger partial charge < -0.3 is 0 Å². The third-order valence-electron chi connectivity index (χ3n) is 4.07. The Morgan fingerprint density at radius 1 is 1.17 bits per heavy atom. The van der Waals surface area contributed by atoms with Crippen LogP contribution >= 0.6 is 0 Å². The second kappa shape index (κ2) is 5.33. The van der Waals surface area contributed by atoms with Crippen LogP contribution in [0.2, 0.25) is 0 Å². The van der Waals surface area contributed by atoms with Crippen molar-refractivity contribution in [1.82, 2.24) is 19.8 Å². The molecule has 0 aliphatic carbocycles. The second-order valence-electron chi connectivity index (χ2n) is 5.36. The fourth-order valence-electron chi connectivity index (χ4n) is 2.90. The van der Waals surface area contributed by atoms with Crippen LogP contribution in [0.1, 0.15) is 36.8 Å². The van der Waals surface area contributed by atoms with Gasteiger partial charge in [0.1, 0.15) is 5.82 Å². The van der Waals surface area contributed by atoms with Gasteiger partial charge in [-0.15, -0.1) is 0 Å². The predicted molar refractivity (Wildman–Crippen MR) is 71.2 cm³/mol. The van der Waals surface area contributed by atoms with Crippen molar-refractivity contribution in [3.8, 4) is 0 Å². The first kappa shape index (κ1) is 12.1. The van der Waals surface area contributed by atoms with Gasteiger partial charge in [0.2, 0.25) is 0 Å². The lowest BCUT2D eigenvalue weighted by atomic mass is 10.1. The summed E-state index contributed by atoms with van der Waals surface area (Å²) >= 11 is 0. The van der Waals surface area contributed by atoms with Crippen LogP contribution in [0.5, 0.6) is 0 Å². The molecule has 4 nitrogen and oxygen atoms in total. The van der Waals surface area contributed by atoms with Gasteiger partial charge in [-0.2, -0.15) is 0 Å². The van der Waals surface area contributed by atoms with Gasteiger partial charge in [-0.1, -0.05) is 6.92 Å². The van der Waals surface area contributed by atoms with Crippen LogP contribution in [0, 0.1) is 0 Å². The third-order valence-corrected chi connectivity index (χ3v) is 4.07. The molecule has 0 radical (unpaired) electrons. The van der Waals surface area contributed by atoms with Crippen molar-refractivity contribution < 1.29 is 0 Å². The summed E-state index contributed by atoms with van der Waals surface area (Å²) in [5, 5.41) is 0. The molecule has 2 aliphatic rings. The van der Waals surface area contributed by atoms with Crippen LogP contribution in [0.15, 0.2) is 6.20 Å². The highest BCUT2D eigenvalue weighted by Crippen LogP contribution is 2.17. The number of hydrogen-bond donors (Lipinski definition) is 0. The van der Waals surface area contributed by atoms with Gasteiger partial charge in [0.25, 0.3) is 0 Å². The Kier molecular flexibility index (Phi) is 3.57. The topological polar surface area (TPSA) is 32.3 Å². The van der Waals surface area contributed by atoms with Crippen molar-refractivity contribution in [3.63, 3.8) is 0 Å². The van der Waals surface area contributed by atoms with E-state index < -0.39 is 0 Å². The van der Waals surface area contributed by atoms with Gasteiger partial charge in [-0.3, -0.25) is 9.80 Å². The molecule has 1 aromatic rings. The summed E-state index contributed by atoms with van der Waals surface area (Å²) in [5.74, 6) is 1.01. The molecule has 2 aliphatic heterocycles. The largest absolute Gasteiger partial charge is 0.299 e. The minimum atomic E-state index is 0.935. The number of hydrogen-bond acceptors (Lipinski definition) is 4. The first-order chi connectivity index (χ1) is 8.85. The quantitative estimate of drug-likeness (QED) is 0.808. The molecule has 0 N–H and O–H groups in total. The summed E-state index contributed by atoms with van der Waals surface area (Å²) in [5.41, 5.74) is 2.61. The van der Waals surface area contributed by atoms with Crippen molar-refractivity contribution in [2.75, 3.05) is 26.2 Å². The summed E-state index contributed by atoms with van der Waals surface area (Å²) in [6, 6.07) is 0. The highest BCUT2D eigenvalue weighted by Gasteiger charge is 2.18. The van der Waals surface area contributed by atoms with E-state index in [1.807, 2.05) is 0 Å². The molecule has 0 unspecified atom stereocenters. The summed E-state index contributed by atoms with van der Waals surface area (Å²) in [7, 11) is 0. The van der Waals surface area contributed by atoms with Crippen molar-refractivity contribution in [3.05, 3.63) is 23.3 Å². The van der Waals surface area contributed by atoms with E-state index in [4.69, 9.17) is 4.98 Å². The lowest BCUT2D eigenvalue weighted by Crippen LogP contribution is -2.31. The molecule has 1 aromatic heterocycles. The highest BCUT2D eigenvalue weighted by molar-refractivity contribution is 5.20. The van der Waals surface area contributed by atoms with E-state index in [0.29, 0.717) is 0 Å². The summed E-state index contributed by atoms with van der Waals surface area (Å²) < 4.78 is 0. The van der Waals surface area contributed by atoms with Gasteiger partial charge in [-0.25, -0.2) is 9.97 Å². The Morgan fingerprint density at radius 3 is 2.78 bits per heavy atom. The van der Waals surface area contributed by atoms with E-state index >= 15 is 0 Å².